The van der Waals surface area contributed by atoms with Crippen molar-refractivity contribution in [3.8, 4) is 0 Å². The lowest BCUT2D eigenvalue weighted by atomic mass is 10.0. The summed E-state index contributed by atoms with van der Waals surface area (Å²) in [7, 11) is -3.66. The number of aliphatic hydroxyl groups is 1. The topological polar surface area (TPSA) is 70.8 Å². The Balaban J connectivity index is 1.96. The highest BCUT2D eigenvalue weighted by molar-refractivity contribution is 7.89. The van der Waals surface area contributed by atoms with E-state index < -0.39 is 10.0 Å². The van der Waals surface area contributed by atoms with Crippen LogP contribution in [0.3, 0.4) is 0 Å². The number of fused-ring (bicyclic) bond motifs is 1. The van der Waals surface area contributed by atoms with E-state index in [9.17, 15) is 8.42 Å². The van der Waals surface area contributed by atoms with E-state index in [-0.39, 0.29) is 23.5 Å². The van der Waals surface area contributed by atoms with E-state index in [1.54, 1.807) is 11.3 Å². The molecule has 0 saturated heterocycles. The Labute approximate surface area is 121 Å². The van der Waals surface area contributed by atoms with Gasteiger partial charge in [0.2, 0.25) is 5.09 Å². The van der Waals surface area contributed by atoms with Crippen molar-refractivity contribution in [2.75, 3.05) is 6.54 Å². The summed E-state index contributed by atoms with van der Waals surface area (Å²) in [5.41, 5.74) is 1.07. The molecule has 1 aliphatic heterocycles. The highest BCUT2D eigenvalue weighted by Gasteiger charge is 2.36. The summed E-state index contributed by atoms with van der Waals surface area (Å²) >= 11 is 1.67. The van der Waals surface area contributed by atoms with Crippen LogP contribution >= 0.6 is 11.3 Å². The molecule has 2 aromatic rings. The Morgan fingerprint density at radius 3 is 2.95 bits per heavy atom. The van der Waals surface area contributed by atoms with Crippen LogP contribution in [0.4, 0.5) is 0 Å². The van der Waals surface area contributed by atoms with E-state index in [0.29, 0.717) is 6.54 Å². The van der Waals surface area contributed by atoms with Crippen molar-refractivity contribution in [3.63, 3.8) is 0 Å². The molecule has 0 radical (unpaired) electrons. The van der Waals surface area contributed by atoms with Crippen LogP contribution in [-0.4, -0.2) is 24.4 Å². The van der Waals surface area contributed by atoms with Crippen molar-refractivity contribution in [1.29, 1.82) is 0 Å². The van der Waals surface area contributed by atoms with Crippen LogP contribution in [0.25, 0.3) is 0 Å². The van der Waals surface area contributed by atoms with E-state index in [4.69, 9.17) is 9.52 Å². The van der Waals surface area contributed by atoms with E-state index in [0.717, 1.165) is 12.0 Å². The summed E-state index contributed by atoms with van der Waals surface area (Å²) in [4.78, 5) is 1.25. The minimum atomic E-state index is -3.66. The predicted octanol–water partition coefficient (Wildman–Crippen LogP) is 2.14. The number of hydrogen-bond donors (Lipinski definition) is 1. The van der Waals surface area contributed by atoms with Crippen LogP contribution in [0.5, 0.6) is 0 Å². The average Bonchev–Trinajstić information content (AvgIpc) is 3.08. The van der Waals surface area contributed by atoms with Gasteiger partial charge in [-0.15, -0.1) is 11.3 Å². The molecule has 1 aliphatic rings. The Hall–Kier alpha value is -1.15. The molecule has 108 valence electrons. The first-order valence-electron chi connectivity index (χ1n) is 6.31. The van der Waals surface area contributed by atoms with Gasteiger partial charge in [0.1, 0.15) is 12.4 Å². The fourth-order valence-electron chi connectivity index (χ4n) is 2.51. The molecule has 0 aliphatic carbocycles. The van der Waals surface area contributed by atoms with Crippen LogP contribution in [0.15, 0.2) is 33.1 Å². The minimum absolute atomic E-state index is 0.105. The first-order chi connectivity index (χ1) is 9.54. The Bertz CT molecular complexity index is 716. The summed E-state index contributed by atoms with van der Waals surface area (Å²) in [6.07, 6.45) is 0.726. The number of sulfonamides is 1. The smallest absolute Gasteiger partial charge is 0.277 e. The van der Waals surface area contributed by atoms with Crippen molar-refractivity contribution in [2.24, 2.45) is 0 Å². The minimum Gasteiger partial charge on any atom is -0.446 e. The normalized spacial score (nSPS) is 20.0. The third kappa shape index (κ3) is 2.10. The third-order valence-electron chi connectivity index (χ3n) is 3.58. The van der Waals surface area contributed by atoms with Gasteiger partial charge in [0.05, 0.1) is 0 Å². The highest BCUT2D eigenvalue weighted by atomic mass is 32.2. The molecular formula is C13H15NO4S2. The molecule has 1 N–H and O–H groups in total. The molecule has 7 heteroatoms. The van der Waals surface area contributed by atoms with Gasteiger partial charge in [0.15, 0.2) is 0 Å². The highest BCUT2D eigenvalue weighted by Crippen LogP contribution is 2.36. The summed E-state index contributed by atoms with van der Waals surface area (Å²) in [6, 6.07) is 4.67. The van der Waals surface area contributed by atoms with Gasteiger partial charge in [-0.05, 0) is 42.5 Å². The molecule has 0 fully saturated rings. The first kappa shape index (κ1) is 13.8. The molecule has 0 spiro atoms. The lowest BCUT2D eigenvalue weighted by molar-refractivity contribution is 0.233. The number of aliphatic hydroxyl groups excluding tert-OH is 1. The molecule has 3 rings (SSSR count). The van der Waals surface area contributed by atoms with Crippen molar-refractivity contribution < 1.29 is 17.9 Å². The van der Waals surface area contributed by atoms with E-state index >= 15 is 0 Å². The fraction of sp³-hybridized carbons (Fsp3) is 0.385. The van der Waals surface area contributed by atoms with Crippen LogP contribution in [-0.2, 0) is 23.1 Å². The van der Waals surface area contributed by atoms with Gasteiger partial charge < -0.3 is 9.52 Å². The predicted molar refractivity (Wildman–Crippen MR) is 75.0 cm³/mol. The van der Waals surface area contributed by atoms with E-state index in [2.05, 4.69) is 0 Å². The summed E-state index contributed by atoms with van der Waals surface area (Å²) in [6.45, 7) is 2.03. The van der Waals surface area contributed by atoms with Crippen LogP contribution in [0.1, 0.15) is 29.2 Å². The Morgan fingerprint density at radius 1 is 1.45 bits per heavy atom. The lowest BCUT2D eigenvalue weighted by Gasteiger charge is -2.31. The number of rotatable bonds is 3. The van der Waals surface area contributed by atoms with Gasteiger partial charge in [-0.2, -0.15) is 4.31 Å². The average molecular weight is 313 g/mol. The second-order valence-corrected chi connectivity index (χ2v) is 7.54. The molecule has 0 amide bonds. The zero-order chi connectivity index (χ0) is 14.3. The largest absolute Gasteiger partial charge is 0.446 e. The lowest BCUT2D eigenvalue weighted by Crippen LogP contribution is -2.38. The van der Waals surface area contributed by atoms with Gasteiger partial charge in [0, 0.05) is 17.5 Å². The molecular weight excluding hydrogens is 298 g/mol. The van der Waals surface area contributed by atoms with Crippen LogP contribution in [0.2, 0.25) is 0 Å². The maximum Gasteiger partial charge on any atom is 0.277 e. The molecule has 1 atom stereocenters. The second kappa shape index (κ2) is 5.00. The monoisotopic (exact) mass is 313 g/mol. The molecule has 1 unspecified atom stereocenters. The number of nitrogens with zero attached hydrogens (tertiary/aromatic N) is 1. The zero-order valence-electron chi connectivity index (χ0n) is 10.9. The summed E-state index contributed by atoms with van der Waals surface area (Å²) < 4.78 is 31.9. The van der Waals surface area contributed by atoms with Crippen molar-refractivity contribution in [2.45, 2.75) is 31.1 Å². The maximum absolute atomic E-state index is 12.6. The Kier molecular flexibility index (Phi) is 3.45. The van der Waals surface area contributed by atoms with Gasteiger partial charge >= 0.3 is 0 Å². The summed E-state index contributed by atoms with van der Waals surface area (Å²) in [5.74, 6) is 0.254. The molecule has 20 heavy (non-hydrogen) atoms. The molecule has 2 aromatic heterocycles. The van der Waals surface area contributed by atoms with Crippen LogP contribution in [0, 0.1) is 0 Å². The molecule has 0 aromatic carbocycles. The summed E-state index contributed by atoms with van der Waals surface area (Å²) in [5, 5.41) is 10.9. The number of hydrogen-bond acceptors (Lipinski definition) is 5. The zero-order valence-corrected chi connectivity index (χ0v) is 12.6. The maximum atomic E-state index is 12.6. The van der Waals surface area contributed by atoms with Crippen molar-refractivity contribution in [1.82, 2.24) is 4.31 Å². The number of thiophene rings is 1. The van der Waals surface area contributed by atoms with E-state index in [1.165, 1.54) is 21.3 Å². The Morgan fingerprint density at radius 2 is 2.25 bits per heavy atom. The van der Waals surface area contributed by atoms with Crippen molar-refractivity contribution >= 4 is 21.4 Å². The van der Waals surface area contributed by atoms with Crippen LogP contribution < -0.4 is 0 Å². The van der Waals surface area contributed by atoms with Gasteiger partial charge in [0.25, 0.3) is 10.0 Å². The fourth-order valence-corrected chi connectivity index (χ4v) is 5.02. The van der Waals surface area contributed by atoms with Gasteiger partial charge in [-0.25, -0.2) is 8.42 Å². The van der Waals surface area contributed by atoms with Gasteiger partial charge in [-0.1, -0.05) is 0 Å². The SMILES string of the molecule is CC1c2ccsc2CCN1S(=O)(=O)c1ccc(CO)o1. The standard InChI is InChI=1S/C13H15NO4S2/c1-9-11-5-7-19-12(11)4-6-14(9)20(16,17)13-3-2-10(8-15)18-13/h2-3,5,7,9,15H,4,6,8H2,1H3. The molecule has 5 nitrogen and oxygen atoms in total. The third-order valence-corrected chi connectivity index (χ3v) is 6.42. The second-order valence-electron chi connectivity index (χ2n) is 4.72. The van der Waals surface area contributed by atoms with Crippen molar-refractivity contribution in [3.05, 3.63) is 39.8 Å². The molecule has 0 saturated carbocycles. The number of furan rings is 1. The first-order valence-corrected chi connectivity index (χ1v) is 8.63. The van der Waals surface area contributed by atoms with Gasteiger partial charge in [-0.3, -0.25) is 0 Å². The molecule has 0 bridgehead atoms. The quantitative estimate of drug-likeness (QED) is 0.942. The van der Waals surface area contributed by atoms with E-state index in [1.807, 2.05) is 18.4 Å². The molecule has 3 heterocycles.